The van der Waals surface area contributed by atoms with Gasteiger partial charge in [0.05, 0.1) is 28.5 Å². The minimum absolute atomic E-state index is 0.181. The number of ketones is 1. The highest BCUT2D eigenvalue weighted by Gasteiger charge is 2.64. The molecule has 2 amide bonds. The average Bonchev–Trinajstić information content (AvgIpc) is 3.37. The van der Waals surface area contributed by atoms with Gasteiger partial charge in [-0.3, -0.25) is 24.5 Å². The number of nitro groups is 1. The Labute approximate surface area is 220 Å². The number of amides is 2. The Kier molecular flexibility index (Phi) is 5.34. The van der Waals surface area contributed by atoms with Gasteiger partial charge in [-0.15, -0.1) is 0 Å². The van der Waals surface area contributed by atoms with Crippen molar-refractivity contribution in [3.8, 4) is 0 Å². The molecule has 6 rings (SSSR count). The summed E-state index contributed by atoms with van der Waals surface area (Å²) in [4.78, 5) is 55.7. The Balaban J connectivity index is 1.50. The van der Waals surface area contributed by atoms with Crippen molar-refractivity contribution in [1.29, 1.82) is 0 Å². The number of carbonyl (C=O) groups excluding carboxylic acids is 3. The number of benzene rings is 3. The monoisotopic (exact) mass is 557 g/mol. The van der Waals surface area contributed by atoms with Crippen molar-refractivity contribution < 1.29 is 19.3 Å². The van der Waals surface area contributed by atoms with Crippen molar-refractivity contribution in [3.63, 3.8) is 0 Å². The first-order valence-corrected chi connectivity index (χ1v) is 12.6. The maximum Gasteiger partial charge on any atom is 0.271 e. The number of non-ortho nitro benzene ring substituents is 1. The Morgan fingerprint density at radius 2 is 1.65 bits per heavy atom. The number of hydrogen-bond acceptors (Lipinski definition) is 6. The first-order chi connectivity index (χ1) is 17.8. The zero-order chi connectivity index (χ0) is 26.0. The number of rotatable bonds is 4. The molecular formula is C28H20BrN3O5. The van der Waals surface area contributed by atoms with E-state index in [1.807, 2.05) is 41.3 Å². The van der Waals surface area contributed by atoms with Crippen LogP contribution < -0.4 is 9.80 Å². The topological polar surface area (TPSA) is 101 Å². The van der Waals surface area contributed by atoms with E-state index >= 15 is 0 Å². The van der Waals surface area contributed by atoms with Gasteiger partial charge in [-0.1, -0.05) is 64.5 Å². The molecule has 9 heteroatoms. The maximum absolute atomic E-state index is 14.0. The molecule has 8 nitrogen and oxygen atoms in total. The number of aryl methyl sites for hydroxylation is 1. The molecular weight excluding hydrogens is 538 g/mol. The van der Waals surface area contributed by atoms with Crippen molar-refractivity contribution in [3.05, 3.63) is 104 Å². The van der Waals surface area contributed by atoms with E-state index in [2.05, 4.69) is 15.9 Å². The lowest BCUT2D eigenvalue weighted by molar-refractivity contribution is -0.384. The third-order valence-electron chi connectivity index (χ3n) is 7.46. The van der Waals surface area contributed by atoms with Crippen LogP contribution >= 0.6 is 15.9 Å². The standard InChI is InChI=1S/C28H20BrN3O5/c1-15-6-12-19(32(36)37)14-22(15)31-27(34)23-21-13-9-16-4-2-3-5-20(16)30(21)25(24(23)28(31)35)26(33)17-7-10-18(29)11-8-17/h2-14,21,23-25H,1H3/t21-,23+,24+,25-/m0/s1. The van der Waals surface area contributed by atoms with E-state index in [1.54, 1.807) is 31.2 Å². The molecule has 3 aromatic carbocycles. The first kappa shape index (κ1) is 23.3. The van der Waals surface area contributed by atoms with Crippen LogP contribution in [0.4, 0.5) is 17.1 Å². The number of nitro benzene ring substituents is 1. The van der Waals surface area contributed by atoms with Gasteiger partial charge in [0.1, 0.15) is 6.04 Å². The normalized spacial score (nSPS) is 23.6. The van der Waals surface area contributed by atoms with Crippen molar-refractivity contribution in [1.82, 2.24) is 0 Å². The number of anilines is 2. The number of halogens is 1. The number of para-hydroxylation sites is 1. The van der Waals surface area contributed by atoms with Gasteiger partial charge in [0.25, 0.3) is 5.69 Å². The largest absolute Gasteiger partial charge is 0.352 e. The summed E-state index contributed by atoms with van der Waals surface area (Å²) in [5.41, 5.74) is 2.65. The number of Topliss-reactive ketones (excluding diaryl/α,β-unsaturated/α-hetero) is 1. The predicted molar refractivity (Wildman–Crippen MR) is 141 cm³/mol. The summed E-state index contributed by atoms with van der Waals surface area (Å²) in [5, 5.41) is 11.4. The van der Waals surface area contributed by atoms with Crippen LogP contribution in [0.3, 0.4) is 0 Å². The highest BCUT2D eigenvalue weighted by atomic mass is 79.9. The average molecular weight is 558 g/mol. The molecule has 4 atom stereocenters. The summed E-state index contributed by atoms with van der Waals surface area (Å²) in [5.74, 6) is -2.98. The van der Waals surface area contributed by atoms with Gasteiger partial charge >= 0.3 is 0 Å². The van der Waals surface area contributed by atoms with Crippen LogP contribution in [0, 0.1) is 28.9 Å². The summed E-state index contributed by atoms with van der Waals surface area (Å²) >= 11 is 3.39. The maximum atomic E-state index is 14.0. The van der Waals surface area contributed by atoms with Gasteiger partial charge < -0.3 is 4.90 Å². The molecule has 3 heterocycles. The second-order valence-corrected chi connectivity index (χ2v) is 10.3. The fourth-order valence-corrected chi connectivity index (χ4v) is 6.05. The third-order valence-corrected chi connectivity index (χ3v) is 7.99. The second-order valence-electron chi connectivity index (χ2n) is 9.42. The lowest BCUT2D eigenvalue weighted by atomic mass is 9.86. The molecule has 184 valence electrons. The van der Waals surface area contributed by atoms with Crippen molar-refractivity contribution in [2.45, 2.75) is 19.0 Å². The molecule has 37 heavy (non-hydrogen) atoms. The van der Waals surface area contributed by atoms with Crippen molar-refractivity contribution in [2.24, 2.45) is 11.8 Å². The molecule has 0 N–H and O–H groups in total. The Hall–Kier alpha value is -4.11. The minimum atomic E-state index is -0.942. The fraction of sp³-hybridized carbons (Fsp3) is 0.179. The molecule has 0 saturated carbocycles. The quantitative estimate of drug-likeness (QED) is 0.195. The molecule has 2 saturated heterocycles. The third kappa shape index (κ3) is 3.45. The molecule has 0 bridgehead atoms. The van der Waals surface area contributed by atoms with Gasteiger partial charge in [0.2, 0.25) is 11.8 Å². The molecule has 2 fully saturated rings. The summed E-state index contributed by atoms with van der Waals surface area (Å²) in [6.07, 6.45) is 3.79. The first-order valence-electron chi connectivity index (χ1n) is 11.8. The highest BCUT2D eigenvalue weighted by Crippen LogP contribution is 2.50. The molecule has 0 spiro atoms. The van der Waals surface area contributed by atoms with Gasteiger partial charge in [0, 0.05) is 27.9 Å². The van der Waals surface area contributed by atoms with E-state index in [0.717, 1.165) is 20.6 Å². The van der Waals surface area contributed by atoms with E-state index < -0.39 is 40.7 Å². The van der Waals surface area contributed by atoms with Gasteiger partial charge in [-0.2, -0.15) is 0 Å². The van der Waals surface area contributed by atoms with Crippen LogP contribution in [-0.2, 0) is 9.59 Å². The lowest BCUT2D eigenvalue weighted by Crippen LogP contribution is -2.49. The Morgan fingerprint density at radius 1 is 0.946 bits per heavy atom. The molecule has 0 aromatic heterocycles. The predicted octanol–water partition coefficient (Wildman–Crippen LogP) is 4.94. The fourth-order valence-electron chi connectivity index (χ4n) is 5.79. The molecule has 3 aliphatic rings. The van der Waals surface area contributed by atoms with Crippen LogP contribution in [0.25, 0.3) is 6.08 Å². The molecule has 3 aliphatic heterocycles. The van der Waals surface area contributed by atoms with Gasteiger partial charge in [-0.05, 0) is 36.2 Å². The van der Waals surface area contributed by atoms with Crippen LogP contribution in [0.2, 0.25) is 0 Å². The summed E-state index contributed by atoms with van der Waals surface area (Å²) in [7, 11) is 0. The van der Waals surface area contributed by atoms with E-state index in [-0.39, 0.29) is 17.2 Å². The van der Waals surface area contributed by atoms with Gasteiger partial charge in [-0.25, -0.2) is 4.90 Å². The number of fused-ring (bicyclic) bond motifs is 5. The van der Waals surface area contributed by atoms with Crippen LogP contribution in [0.5, 0.6) is 0 Å². The number of nitrogens with zero attached hydrogens (tertiary/aromatic N) is 3. The van der Waals surface area contributed by atoms with Crippen LogP contribution in [-0.4, -0.2) is 34.6 Å². The van der Waals surface area contributed by atoms with E-state index in [9.17, 15) is 24.5 Å². The zero-order valence-corrected chi connectivity index (χ0v) is 21.2. The number of carbonyl (C=O) groups is 3. The second kappa shape index (κ2) is 8.48. The van der Waals surface area contributed by atoms with Crippen molar-refractivity contribution >= 4 is 56.7 Å². The summed E-state index contributed by atoms with van der Waals surface area (Å²) in [6, 6.07) is 17.2. The van der Waals surface area contributed by atoms with Crippen LogP contribution in [0.15, 0.2) is 77.3 Å². The molecule has 0 unspecified atom stereocenters. The summed E-state index contributed by atoms with van der Waals surface area (Å²) < 4.78 is 0.817. The summed E-state index contributed by atoms with van der Waals surface area (Å²) in [6.45, 7) is 1.70. The Morgan fingerprint density at radius 3 is 2.38 bits per heavy atom. The molecule has 0 radical (unpaired) electrons. The Bertz CT molecular complexity index is 1530. The van der Waals surface area contributed by atoms with Crippen LogP contribution in [0.1, 0.15) is 21.5 Å². The number of hydrogen-bond donors (Lipinski definition) is 0. The van der Waals surface area contributed by atoms with E-state index in [1.165, 1.54) is 18.2 Å². The van der Waals surface area contributed by atoms with Gasteiger partial charge in [0.15, 0.2) is 5.78 Å². The zero-order valence-electron chi connectivity index (χ0n) is 19.6. The molecule has 0 aliphatic carbocycles. The smallest absolute Gasteiger partial charge is 0.271 e. The molecule has 3 aromatic rings. The highest BCUT2D eigenvalue weighted by molar-refractivity contribution is 9.10. The minimum Gasteiger partial charge on any atom is -0.352 e. The van der Waals surface area contributed by atoms with Crippen molar-refractivity contribution in [2.75, 3.05) is 9.80 Å². The van der Waals surface area contributed by atoms with E-state index in [4.69, 9.17) is 0 Å². The van der Waals surface area contributed by atoms with E-state index in [0.29, 0.717) is 11.1 Å². The lowest BCUT2D eigenvalue weighted by Gasteiger charge is -2.36. The number of imide groups is 1. The SMILES string of the molecule is Cc1ccc([N+](=O)[O-])cc1N1C(=O)[C@@H]2[C@H](C1=O)[C@@H]1C=Cc3ccccc3N1[C@@H]2C(=O)c1ccc(Br)cc1.